The molecule has 5 heteroatoms. The molecule has 1 fully saturated rings. The first-order valence-electron chi connectivity index (χ1n) is 11.0. The highest BCUT2D eigenvalue weighted by atomic mass is 19.1. The standard InChI is InChI=1S/C19H20FNO3/c20-15-3-1-13(2-4-15)17-7-8-21-10-14(17)11-22-16-5-6-18-19(9-16)24-12-23-18/h1-6,9,14,17,21H,7-8,10-12H2/t14?,17-/m0/s1/i8D2,11D2,12D2,17D. The van der Waals surface area contributed by atoms with Gasteiger partial charge in [-0.2, -0.15) is 0 Å². The first-order chi connectivity index (χ1) is 14.3. The molecule has 0 amide bonds. The topological polar surface area (TPSA) is 39.7 Å². The number of fused-ring (bicyclic) bond motifs is 1. The van der Waals surface area contributed by atoms with Crippen LogP contribution in [0.5, 0.6) is 17.2 Å². The molecule has 0 aromatic heterocycles. The molecule has 2 aliphatic rings. The lowest BCUT2D eigenvalue weighted by Gasteiger charge is -2.32. The Bertz CT molecular complexity index is 989. The number of halogens is 1. The molecule has 2 atom stereocenters. The number of benzene rings is 2. The lowest BCUT2D eigenvalue weighted by Crippen LogP contribution is -2.38. The summed E-state index contributed by atoms with van der Waals surface area (Å²) in [5.41, 5.74) is 0.274. The van der Waals surface area contributed by atoms with E-state index in [-0.39, 0.29) is 35.8 Å². The number of hydrogen-bond acceptors (Lipinski definition) is 4. The molecule has 126 valence electrons. The van der Waals surface area contributed by atoms with Gasteiger partial charge in [-0.25, -0.2) is 4.39 Å². The Morgan fingerprint density at radius 2 is 2.08 bits per heavy atom. The van der Waals surface area contributed by atoms with Gasteiger partial charge in [0, 0.05) is 22.6 Å². The average Bonchev–Trinajstić information content (AvgIpc) is 2.93. The SMILES string of the molecule is [2H]C1([2H])C[C@@]([2H])(c2ccc(F)cc2)C(C([2H])([2H])Oc2ccc3c(c2)OC([2H])([2H])O3)CN1. The second-order valence-electron chi connectivity index (χ2n) is 5.44. The molecule has 24 heavy (non-hydrogen) atoms. The van der Waals surface area contributed by atoms with Crippen molar-refractivity contribution in [2.75, 3.05) is 26.3 Å². The van der Waals surface area contributed by atoms with E-state index in [0.717, 1.165) is 12.1 Å². The zero-order valence-corrected chi connectivity index (χ0v) is 12.6. The maximum atomic E-state index is 13.4. The Kier molecular flexibility index (Phi) is 2.59. The molecule has 1 saturated heterocycles. The fourth-order valence-corrected chi connectivity index (χ4v) is 2.62. The van der Waals surface area contributed by atoms with Crippen LogP contribution in [0.4, 0.5) is 4.39 Å². The molecule has 0 spiro atoms. The van der Waals surface area contributed by atoms with E-state index < -0.39 is 37.4 Å². The summed E-state index contributed by atoms with van der Waals surface area (Å²) in [4.78, 5) is 0. The largest absolute Gasteiger partial charge is 0.493 e. The number of ether oxygens (including phenoxy) is 3. The van der Waals surface area contributed by atoms with E-state index in [9.17, 15) is 4.39 Å². The number of rotatable bonds is 4. The summed E-state index contributed by atoms with van der Waals surface area (Å²) in [5.74, 6) is -3.20. The molecule has 4 nitrogen and oxygen atoms in total. The van der Waals surface area contributed by atoms with E-state index in [1.54, 1.807) is 0 Å². The van der Waals surface area contributed by atoms with Gasteiger partial charge in [0.2, 0.25) is 6.75 Å². The van der Waals surface area contributed by atoms with Crippen molar-refractivity contribution in [3.05, 3.63) is 53.8 Å². The summed E-state index contributed by atoms with van der Waals surface area (Å²) in [6.07, 6.45) is -0.374. The van der Waals surface area contributed by atoms with Gasteiger partial charge in [0.05, 0.1) is 9.30 Å². The lowest BCUT2D eigenvalue weighted by atomic mass is 9.81. The van der Waals surface area contributed by atoms with Crippen molar-refractivity contribution >= 4 is 0 Å². The Morgan fingerprint density at radius 3 is 2.96 bits per heavy atom. The average molecular weight is 336 g/mol. The molecule has 0 bridgehead atoms. The summed E-state index contributed by atoms with van der Waals surface area (Å²) in [7, 11) is 0. The Morgan fingerprint density at radius 1 is 1.25 bits per heavy atom. The van der Waals surface area contributed by atoms with Crippen LogP contribution in [0.2, 0.25) is 0 Å². The van der Waals surface area contributed by atoms with Crippen LogP contribution in [0.15, 0.2) is 42.5 Å². The Labute approximate surface area is 150 Å². The fourth-order valence-electron chi connectivity index (χ4n) is 2.62. The van der Waals surface area contributed by atoms with Gasteiger partial charge in [0.25, 0.3) is 0 Å². The molecule has 1 N–H and O–H groups in total. The summed E-state index contributed by atoms with van der Waals surface area (Å²) in [6.45, 7) is -6.90. The molecule has 2 aliphatic heterocycles. The van der Waals surface area contributed by atoms with Gasteiger partial charge in [-0.15, -0.1) is 0 Å². The second kappa shape index (κ2) is 6.69. The third-order valence-electron chi connectivity index (χ3n) is 3.88. The van der Waals surface area contributed by atoms with E-state index in [1.807, 2.05) is 0 Å². The normalized spacial score (nSPS) is 34.5. The smallest absolute Gasteiger partial charge is 0.231 e. The van der Waals surface area contributed by atoms with Crippen molar-refractivity contribution in [1.82, 2.24) is 5.32 Å². The highest BCUT2D eigenvalue weighted by Crippen LogP contribution is 2.36. The highest BCUT2D eigenvalue weighted by Gasteiger charge is 2.27. The van der Waals surface area contributed by atoms with Gasteiger partial charge in [-0.05, 0) is 48.6 Å². The molecular formula is C19H20FNO3. The minimum Gasteiger partial charge on any atom is -0.493 e. The molecule has 4 rings (SSSR count). The zero-order valence-electron chi connectivity index (χ0n) is 19.6. The van der Waals surface area contributed by atoms with Gasteiger partial charge >= 0.3 is 0 Å². The number of piperidine rings is 1. The molecule has 2 aromatic carbocycles. The third kappa shape index (κ3) is 3.17. The summed E-state index contributed by atoms with van der Waals surface area (Å²) in [6, 6.07) is 9.09. The highest BCUT2D eigenvalue weighted by molar-refractivity contribution is 5.46. The first-order valence-corrected chi connectivity index (χ1v) is 7.52. The van der Waals surface area contributed by atoms with E-state index in [0.29, 0.717) is 0 Å². The van der Waals surface area contributed by atoms with Crippen molar-refractivity contribution in [2.24, 2.45) is 5.92 Å². The van der Waals surface area contributed by atoms with Gasteiger partial charge in [-0.3, -0.25) is 0 Å². The number of hydrogen-bond donors (Lipinski definition) is 1. The molecule has 1 unspecified atom stereocenters. The van der Waals surface area contributed by atoms with Crippen molar-refractivity contribution in [3.8, 4) is 17.2 Å². The summed E-state index contributed by atoms with van der Waals surface area (Å²) >= 11 is 0. The zero-order chi connectivity index (χ0) is 22.7. The molecular weight excluding hydrogens is 309 g/mol. The first kappa shape index (κ1) is 9.28. The van der Waals surface area contributed by atoms with Gasteiger partial charge in [0.1, 0.15) is 14.3 Å². The van der Waals surface area contributed by atoms with Crippen molar-refractivity contribution < 1.29 is 28.2 Å². The Hall–Kier alpha value is -2.27. The molecule has 2 aromatic rings. The summed E-state index contributed by atoms with van der Waals surface area (Å²) < 4.78 is 86.2. The van der Waals surface area contributed by atoms with Crippen LogP contribution in [-0.4, -0.2) is 26.3 Å². The predicted octanol–water partition coefficient (Wildman–Crippen LogP) is 3.33. The maximum absolute atomic E-state index is 13.4. The monoisotopic (exact) mass is 336 g/mol. The van der Waals surface area contributed by atoms with Gasteiger partial charge in [-0.1, -0.05) is 12.1 Å². The quantitative estimate of drug-likeness (QED) is 0.930. The predicted molar refractivity (Wildman–Crippen MR) is 88.2 cm³/mol. The fraction of sp³-hybridized carbons (Fsp3) is 0.368. The van der Waals surface area contributed by atoms with Crippen LogP contribution in [0.25, 0.3) is 0 Å². The van der Waals surface area contributed by atoms with E-state index in [1.165, 1.54) is 30.3 Å². The van der Waals surface area contributed by atoms with Crippen LogP contribution >= 0.6 is 0 Å². The van der Waals surface area contributed by atoms with Crippen molar-refractivity contribution in [2.45, 2.75) is 12.3 Å². The molecule has 2 heterocycles. The van der Waals surface area contributed by atoms with Gasteiger partial charge < -0.3 is 19.5 Å². The van der Waals surface area contributed by atoms with Crippen LogP contribution in [0.1, 0.15) is 27.5 Å². The molecule has 0 aliphatic carbocycles. The van der Waals surface area contributed by atoms with Gasteiger partial charge in [0.15, 0.2) is 11.5 Å². The third-order valence-corrected chi connectivity index (χ3v) is 3.88. The van der Waals surface area contributed by atoms with Crippen LogP contribution in [0.3, 0.4) is 0 Å². The van der Waals surface area contributed by atoms with E-state index in [2.05, 4.69) is 5.32 Å². The lowest BCUT2D eigenvalue weighted by molar-refractivity contribution is 0.173. The van der Waals surface area contributed by atoms with Crippen molar-refractivity contribution in [3.63, 3.8) is 0 Å². The molecule has 0 radical (unpaired) electrons. The van der Waals surface area contributed by atoms with Crippen LogP contribution < -0.4 is 19.5 Å². The number of nitrogens with one attached hydrogen (secondary N) is 1. The minimum atomic E-state index is -2.44. The second-order valence-corrected chi connectivity index (χ2v) is 5.44. The maximum Gasteiger partial charge on any atom is 0.231 e. The van der Waals surface area contributed by atoms with Crippen LogP contribution in [0, 0.1) is 11.7 Å². The van der Waals surface area contributed by atoms with E-state index >= 15 is 0 Å². The summed E-state index contributed by atoms with van der Waals surface area (Å²) in [5, 5.41) is 2.61. The molecule has 0 saturated carbocycles. The van der Waals surface area contributed by atoms with Crippen LogP contribution in [-0.2, 0) is 0 Å². The van der Waals surface area contributed by atoms with Crippen molar-refractivity contribution in [1.29, 1.82) is 0 Å². The Balaban J connectivity index is 1.65. The minimum absolute atomic E-state index is 0.0279. The van der Waals surface area contributed by atoms with E-state index in [4.69, 9.17) is 23.8 Å².